The fourth-order valence-electron chi connectivity index (χ4n) is 4.68. The van der Waals surface area contributed by atoms with Crippen molar-refractivity contribution in [3.63, 3.8) is 0 Å². The summed E-state index contributed by atoms with van der Waals surface area (Å²) in [4.78, 5) is 12.7. The van der Waals surface area contributed by atoms with Gasteiger partial charge in [-0.25, -0.2) is 5.43 Å². The number of hydrogen-bond donors (Lipinski definition) is 1. The Morgan fingerprint density at radius 3 is 2.34 bits per heavy atom. The van der Waals surface area contributed by atoms with Gasteiger partial charge in [-0.2, -0.15) is 5.10 Å². The Balaban J connectivity index is 1.27. The fraction of sp³-hybridized carbons (Fsp3) is 0.0323. The zero-order valence-corrected chi connectivity index (χ0v) is 19.1. The summed E-state index contributed by atoms with van der Waals surface area (Å²) >= 11 is 0. The number of benzene rings is 5. The minimum absolute atomic E-state index is 0.230. The number of para-hydroxylation sites is 1. The van der Waals surface area contributed by atoms with Gasteiger partial charge in [-0.1, -0.05) is 91.0 Å². The molecule has 1 N–H and O–H groups in total. The maximum absolute atomic E-state index is 12.7. The van der Waals surface area contributed by atoms with E-state index < -0.39 is 0 Å². The van der Waals surface area contributed by atoms with Gasteiger partial charge in [-0.05, 0) is 45.3 Å². The fourth-order valence-corrected chi connectivity index (χ4v) is 4.68. The first-order chi connectivity index (χ1) is 17.3. The van der Waals surface area contributed by atoms with Crippen molar-refractivity contribution in [2.45, 2.75) is 6.54 Å². The van der Waals surface area contributed by atoms with E-state index in [-0.39, 0.29) is 5.91 Å². The lowest BCUT2D eigenvalue weighted by Crippen LogP contribution is -2.17. The van der Waals surface area contributed by atoms with E-state index >= 15 is 0 Å². The summed E-state index contributed by atoms with van der Waals surface area (Å²) in [5, 5.41) is 10.00. The second-order valence-electron chi connectivity index (χ2n) is 8.63. The molecule has 0 aliphatic rings. The Kier molecular flexibility index (Phi) is 5.32. The van der Waals surface area contributed by atoms with Crippen LogP contribution >= 0.6 is 0 Å². The van der Waals surface area contributed by atoms with Crippen LogP contribution in [0.3, 0.4) is 0 Å². The maximum Gasteiger partial charge on any atom is 0.271 e. The van der Waals surface area contributed by atoms with Crippen LogP contribution in [0, 0.1) is 0 Å². The van der Waals surface area contributed by atoms with Gasteiger partial charge in [0.2, 0.25) is 0 Å². The number of nitrogens with zero attached hydrogens (tertiary/aromatic N) is 2. The van der Waals surface area contributed by atoms with Crippen LogP contribution < -0.4 is 5.43 Å². The van der Waals surface area contributed by atoms with Gasteiger partial charge >= 0.3 is 0 Å². The Hall–Kier alpha value is -4.70. The smallest absolute Gasteiger partial charge is 0.271 e. The Labute approximate surface area is 203 Å². The number of aromatic nitrogens is 1. The Bertz CT molecular complexity index is 1720. The second kappa shape index (κ2) is 8.92. The van der Waals surface area contributed by atoms with Gasteiger partial charge in [0.05, 0.1) is 6.21 Å². The molecule has 0 fully saturated rings. The minimum Gasteiger partial charge on any atom is -0.342 e. The van der Waals surface area contributed by atoms with Crippen molar-refractivity contribution in [2.24, 2.45) is 5.10 Å². The zero-order valence-electron chi connectivity index (χ0n) is 19.1. The van der Waals surface area contributed by atoms with Crippen LogP contribution in [0.25, 0.3) is 32.4 Å². The number of carbonyl (C=O) groups is 1. The van der Waals surface area contributed by atoms with E-state index in [1.807, 2.05) is 54.6 Å². The van der Waals surface area contributed by atoms with E-state index in [9.17, 15) is 4.79 Å². The molecule has 0 radical (unpaired) electrons. The van der Waals surface area contributed by atoms with Gasteiger partial charge in [0, 0.05) is 34.8 Å². The lowest BCUT2D eigenvalue weighted by molar-refractivity contribution is 0.0955. The van der Waals surface area contributed by atoms with E-state index in [1.165, 1.54) is 16.3 Å². The number of hydrazone groups is 1. The van der Waals surface area contributed by atoms with Crippen molar-refractivity contribution in [1.29, 1.82) is 0 Å². The molecule has 0 saturated heterocycles. The summed E-state index contributed by atoms with van der Waals surface area (Å²) < 4.78 is 2.24. The van der Waals surface area contributed by atoms with Gasteiger partial charge in [0.15, 0.2) is 0 Å². The van der Waals surface area contributed by atoms with Gasteiger partial charge in [-0.3, -0.25) is 4.79 Å². The quantitative estimate of drug-likeness (QED) is 0.227. The molecule has 1 aromatic heterocycles. The number of hydrogen-bond acceptors (Lipinski definition) is 2. The lowest BCUT2D eigenvalue weighted by atomic mass is 10.0. The Morgan fingerprint density at radius 2 is 1.46 bits per heavy atom. The standard InChI is InChI=1S/C31H23N3O/c35-31(25-17-16-22-8-1-2-10-24(22)18-25)33-32-19-27-21-34(30-15-6-5-14-29(27)30)20-26-12-7-11-23-9-3-4-13-28(23)26/h1-19,21H,20H2,(H,33,35)/b32-19-. The SMILES string of the molecule is O=C(N/N=C\c1cn(Cc2cccc3ccccc23)c2ccccc12)c1ccc2ccccc2c1. The molecule has 0 atom stereocenters. The van der Waals surface area contributed by atoms with E-state index in [2.05, 4.69) is 75.9 Å². The van der Waals surface area contributed by atoms with E-state index in [0.29, 0.717) is 5.56 Å². The summed E-state index contributed by atoms with van der Waals surface area (Å²) in [6.07, 6.45) is 3.82. The van der Waals surface area contributed by atoms with Gasteiger partial charge in [0.1, 0.15) is 0 Å². The van der Waals surface area contributed by atoms with Crippen LogP contribution in [0.1, 0.15) is 21.5 Å². The molecule has 0 spiro atoms. The average molecular weight is 454 g/mol. The number of fused-ring (bicyclic) bond motifs is 3. The molecule has 0 unspecified atom stereocenters. The average Bonchev–Trinajstić information content (AvgIpc) is 3.26. The number of rotatable bonds is 5. The third-order valence-corrected chi connectivity index (χ3v) is 6.42. The highest BCUT2D eigenvalue weighted by atomic mass is 16.2. The lowest BCUT2D eigenvalue weighted by Gasteiger charge is -2.09. The van der Waals surface area contributed by atoms with E-state index in [1.54, 1.807) is 6.21 Å². The summed E-state index contributed by atoms with van der Waals surface area (Å²) in [6, 6.07) is 36.8. The molecule has 168 valence electrons. The highest BCUT2D eigenvalue weighted by Gasteiger charge is 2.10. The van der Waals surface area contributed by atoms with Crippen molar-refractivity contribution in [1.82, 2.24) is 9.99 Å². The predicted molar refractivity (Wildman–Crippen MR) is 144 cm³/mol. The molecule has 35 heavy (non-hydrogen) atoms. The van der Waals surface area contributed by atoms with Crippen molar-refractivity contribution in [3.05, 3.63) is 132 Å². The predicted octanol–water partition coefficient (Wildman–Crippen LogP) is 6.76. The minimum atomic E-state index is -0.230. The number of nitrogens with one attached hydrogen (secondary N) is 1. The van der Waals surface area contributed by atoms with E-state index in [4.69, 9.17) is 0 Å². The first-order valence-electron chi connectivity index (χ1n) is 11.6. The van der Waals surface area contributed by atoms with Gasteiger partial charge < -0.3 is 4.57 Å². The molecule has 0 saturated carbocycles. The number of carbonyl (C=O) groups excluding carboxylic acids is 1. The summed E-state index contributed by atoms with van der Waals surface area (Å²) in [5.74, 6) is -0.230. The van der Waals surface area contributed by atoms with Gasteiger partial charge in [-0.15, -0.1) is 0 Å². The summed E-state index contributed by atoms with van der Waals surface area (Å²) in [7, 11) is 0. The van der Waals surface area contributed by atoms with Gasteiger partial charge in [0.25, 0.3) is 5.91 Å². The van der Waals surface area contributed by atoms with Crippen LogP contribution in [-0.2, 0) is 6.54 Å². The van der Waals surface area contributed by atoms with Crippen molar-refractivity contribution in [3.8, 4) is 0 Å². The molecular weight excluding hydrogens is 430 g/mol. The third kappa shape index (κ3) is 4.06. The highest BCUT2D eigenvalue weighted by molar-refractivity contribution is 6.01. The molecule has 6 aromatic rings. The second-order valence-corrected chi connectivity index (χ2v) is 8.63. The Morgan fingerprint density at radius 1 is 0.743 bits per heavy atom. The molecule has 0 aliphatic carbocycles. The normalized spacial score (nSPS) is 11.5. The molecule has 5 aromatic carbocycles. The molecule has 4 heteroatoms. The first-order valence-corrected chi connectivity index (χ1v) is 11.6. The molecule has 1 amide bonds. The molecular formula is C31H23N3O. The molecule has 4 nitrogen and oxygen atoms in total. The summed E-state index contributed by atoms with van der Waals surface area (Å²) in [6.45, 7) is 0.749. The monoisotopic (exact) mass is 453 g/mol. The third-order valence-electron chi connectivity index (χ3n) is 6.42. The van der Waals surface area contributed by atoms with Crippen LogP contribution in [0.4, 0.5) is 0 Å². The largest absolute Gasteiger partial charge is 0.342 e. The van der Waals surface area contributed by atoms with Crippen LogP contribution in [0.15, 0.2) is 120 Å². The van der Waals surface area contributed by atoms with Crippen molar-refractivity contribution in [2.75, 3.05) is 0 Å². The maximum atomic E-state index is 12.7. The topological polar surface area (TPSA) is 46.4 Å². The van der Waals surface area contributed by atoms with Crippen LogP contribution in [0.2, 0.25) is 0 Å². The molecule has 1 heterocycles. The zero-order chi connectivity index (χ0) is 23.6. The number of amides is 1. The summed E-state index contributed by atoms with van der Waals surface area (Å²) in [5.41, 5.74) is 6.61. The van der Waals surface area contributed by atoms with Crippen LogP contribution in [-0.4, -0.2) is 16.7 Å². The van der Waals surface area contributed by atoms with E-state index in [0.717, 1.165) is 33.8 Å². The molecule has 0 bridgehead atoms. The van der Waals surface area contributed by atoms with Crippen molar-refractivity contribution >= 4 is 44.6 Å². The van der Waals surface area contributed by atoms with Crippen LogP contribution in [0.5, 0.6) is 0 Å². The molecule has 6 rings (SSSR count). The molecule has 0 aliphatic heterocycles. The first kappa shape index (κ1) is 20.9. The van der Waals surface area contributed by atoms with Crippen molar-refractivity contribution < 1.29 is 4.79 Å². The highest BCUT2D eigenvalue weighted by Crippen LogP contribution is 2.24.